The van der Waals surface area contributed by atoms with Crippen molar-refractivity contribution in [3.05, 3.63) is 24.3 Å². The van der Waals surface area contributed by atoms with Gasteiger partial charge in [0.05, 0.1) is 0 Å². The molecule has 0 amide bonds. The Hall–Kier alpha value is -0.560. The van der Waals surface area contributed by atoms with Crippen LogP contribution in [0, 0.1) is 5.92 Å². The molecule has 0 aliphatic heterocycles. The van der Waals surface area contributed by atoms with E-state index in [4.69, 9.17) is 0 Å². The lowest BCUT2D eigenvalue weighted by molar-refractivity contribution is 0.279. The van der Waals surface area contributed by atoms with E-state index in [1.165, 1.54) is 0 Å². The van der Waals surface area contributed by atoms with Crippen molar-refractivity contribution in [3.63, 3.8) is 0 Å². The highest BCUT2D eigenvalue weighted by atomic mass is 15.0. The number of rotatable bonds is 3. The fourth-order valence-electron chi connectivity index (χ4n) is 1.88. The second kappa shape index (κ2) is 4.10. The van der Waals surface area contributed by atoms with Crippen LogP contribution in [0.1, 0.15) is 34.1 Å². The maximum atomic E-state index is 3.66. The molecule has 0 aromatic rings. The molecular formula is C12H21N. The van der Waals surface area contributed by atoms with Crippen molar-refractivity contribution in [2.75, 3.05) is 0 Å². The van der Waals surface area contributed by atoms with Crippen molar-refractivity contribution in [2.45, 2.75) is 45.7 Å². The van der Waals surface area contributed by atoms with Crippen molar-refractivity contribution < 1.29 is 0 Å². The van der Waals surface area contributed by atoms with Crippen LogP contribution in [0.3, 0.4) is 0 Å². The average molecular weight is 179 g/mol. The third-order valence-electron chi connectivity index (χ3n) is 2.68. The topological polar surface area (TPSA) is 12.0 Å². The highest BCUT2D eigenvalue weighted by molar-refractivity contribution is 5.22. The molecule has 1 nitrogen and oxygen atoms in total. The number of nitrogens with one attached hydrogen (secondary N) is 1. The second-order valence-electron chi connectivity index (χ2n) is 4.49. The first-order chi connectivity index (χ1) is 6.07. The molecule has 1 aliphatic rings. The van der Waals surface area contributed by atoms with E-state index >= 15 is 0 Å². The van der Waals surface area contributed by atoms with Gasteiger partial charge >= 0.3 is 0 Å². The van der Waals surface area contributed by atoms with Gasteiger partial charge in [0.1, 0.15) is 0 Å². The van der Waals surface area contributed by atoms with E-state index in [-0.39, 0.29) is 5.54 Å². The molecule has 0 spiro atoms. The second-order valence-corrected chi connectivity index (χ2v) is 4.49. The molecular weight excluding hydrogens is 158 g/mol. The highest BCUT2D eigenvalue weighted by Gasteiger charge is 2.30. The predicted molar refractivity (Wildman–Crippen MR) is 58.7 cm³/mol. The lowest BCUT2D eigenvalue weighted by Crippen LogP contribution is -2.51. The molecule has 0 saturated carbocycles. The van der Waals surface area contributed by atoms with Crippen molar-refractivity contribution >= 4 is 0 Å². The van der Waals surface area contributed by atoms with Crippen LogP contribution < -0.4 is 5.32 Å². The Morgan fingerprint density at radius 2 is 1.85 bits per heavy atom. The molecule has 0 aromatic heterocycles. The van der Waals surface area contributed by atoms with Crippen molar-refractivity contribution in [1.82, 2.24) is 5.32 Å². The van der Waals surface area contributed by atoms with Gasteiger partial charge in [0.2, 0.25) is 0 Å². The molecule has 0 radical (unpaired) electrons. The Kier molecular flexibility index (Phi) is 3.32. The monoisotopic (exact) mass is 179 g/mol. The van der Waals surface area contributed by atoms with Gasteiger partial charge < -0.3 is 5.32 Å². The van der Waals surface area contributed by atoms with E-state index in [0.717, 1.165) is 6.42 Å². The van der Waals surface area contributed by atoms with Gasteiger partial charge in [-0.1, -0.05) is 52.0 Å². The summed E-state index contributed by atoms with van der Waals surface area (Å²) < 4.78 is 0. The SMILES string of the molecule is CC(C)NC1(C(C)C)C=CC=CC1. The Bertz CT molecular complexity index is 213. The minimum absolute atomic E-state index is 0.183. The van der Waals surface area contributed by atoms with Gasteiger partial charge in [-0.05, 0) is 12.3 Å². The maximum absolute atomic E-state index is 3.66. The molecule has 1 aliphatic carbocycles. The van der Waals surface area contributed by atoms with Gasteiger partial charge in [0, 0.05) is 11.6 Å². The summed E-state index contributed by atoms with van der Waals surface area (Å²) in [6.07, 6.45) is 9.94. The Labute approximate surface area is 81.9 Å². The summed E-state index contributed by atoms with van der Waals surface area (Å²) in [6, 6.07) is 0.540. The number of hydrogen-bond donors (Lipinski definition) is 1. The molecule has 1 atom stereocenters. The molecule has 1 rings (SSSR count). The Morgan fingerprint density at radius 1 is 1.15 bits per heavy atom. The van der Waals surface area contributed by atoms with Gasteiger partial charge in [-0.15, -0.1) is 0 Å². The average Bonchev–Trinajstić information content (AvgIpc) is 2.04. The molecule has 74 valence electrons. The molecule has 1 unspecified atom stereocenters. The number of allylic oxidation sites excluding steroid dienone is 2. The van der Waals surface area contributed by atoms with Crippen LogP contribution in [0.2, 0.25) is 0 Å². The highest BCUT2D eigenvalue weighted by Crippen LogP contribution is 2.26. The van der Waals surface area contributed by atoms with Crippen LogP contribution in [-0.2, 0) is 0 Å². The molecule has 0 heterocycles. The van der Waals surface area contributed by atoms with Crippen LogP contribution in [0.25, 0.3) is 0 Å². The van der Waals surface area contributed by atoms with Crippen LogP contribution >= 0.6 is 0 Å². The van der Waals surface area contributed by atoms with Crippen LogP contribution in [0.4, 0.5) is 0 Å². The maximum Gasteiger partial charge on any atom is 0.0427 e. The predicted octanol–water partition coefficient (Wildman–Crippen LogP) is 2.90. The first-order valence-corrected chi connectivity index (χ1v) is 5.19. The Balaban J connectivity index is 2.76. The van der Waals surface area contributed by atoms with E-state index in [1.54, 1.807) is 0 Å². The van der Waals surface area contributed by atoms with E-state index in [9.17, 15) is 0 Å². The molecule has 0 bridgehead atoms. The summed E-state index contributed by atoms with van der Waals surface area (Å²) in [4.78, 5) is 0. The van der Waals surface area contributed by atoms with Crippen molar-refractivity contribution in [3.8, 4) is 0 Å². The van der Waals surface area contributed by atoms with E-state index in [2.05, 4.69) is 57.3 Å². The quantitative estimate of drug-likeness (QED) is 0.702. The molecule has 1 heteroatoms. The summed E-state index contributed by atoms with van der Waals surface area (Å²) in [5, 5.41) is 3.66. The fourth-order valence-corrected chi connectivity index (χ4v) is 1.88. The van der Waals surface area contributed by atoms with Gasteiger partial charge in [-0.2, -0.15) is 0 Å². The van der Waals surface area contributed by atoms with Crippen molar-refractivity contribution in [1.29, 1.82) is 0 Å². The largest absolute Gasteiger partial charge is 0.305 e. The fraction of sp³-hybridized carbons (Fsp3) is 0.667. The summed E-state index contributed by atoms with van der Waals surface area (Å²) in [6.45, 7) is 8.96. The van der Waals surface area contributed by atoms with Crippen LogP contribution in [0.15, 0.2) is 24.3 Å². The minimum atomic E-state index is 0.183. The molecule has 13 heavy (non-hydrogen) atoms. The van der Waals surface area contributed by atoms with Gasteiger partial charge in [0.25, 0.3) is 0 Å². The molecule has 0 aromatic carbocycles. The lowest BCUT2D eigenvalue weighted by atomic mass is 9.80. The number of hydrogen-bond acceptors (Lipinski definition) is 1. The summed E-state index contributed by atoms with van der Waals surface area (Å²) in [5.74, 6) is 0.635. The van der Waals surface area contributed by atoms with Crippen LogP contribution in [-0.4, -0.2) is 11.6 Å². The lowest BCUT2D eigenvalue weighted by Gasteiger charge is -2.38. The molecule has 0 fully saturated rings. The third-order valence-corrected chi connectivity index (χ3v) is 2.68. The summed E-state index contributed by atoms with van der Waals surface area (Å²) in [7, 11) is 0. The molecule has 0 saturated heterocycles. The van der Waals surface area contributed by atoms with Gasteiger partial charge in [0.15, 0.2) is 0 Å². The smallest absolute Gasteiger partial charge is 0.0427 e. The normalized spacial score (nSPS) is 27.5. The zero-order valence-electron chi connectivity index (χ0n) is 9.17. The summed E-state index contributed by atoms with van der Waals surface area (Å²) >= 11 is 0. The zero-order valence-corrected chi connectivity index (χ0v) is 9.17. The first kappa shape index (κ1) is 10.5. The van der Waals surface area contributed by atoms with Crippen LogP contribution in [0.5, 0.6) is 0 Å². The van der Waals surface area contributed by atoms with Crippen molar-refractivity contribution in [2.24, 2.45) is 5.92 Å². The van der Waals surface area contributed by atoms with E-state index < -0.39 is 0 Å². The van der Waals surface area contributed by atoms with Gasteiger partial charge in [-0.3, -0.25) is 0 Å². The van der Waals surface area contributed by atoms with E-state index in [1.807, 2.05) is 0 Å². The van der Waals surface area contributed by atoms with E-state index in [0.29, 0.717) is 12.0 Å². The minimum Gasteiger partial charge on any atom is -0.305 e. The van der Waals surface area contributed by atoms with Gasteiger partial charge in [-0.25, -0.2) is 0 Å². The standard InChI is InChI=1S/C12H21N/c1-10(2)12(13-11(3)4)8-6-5-7-9-12/h5-8,10-11,13H,9H2,1-4H3. The molecule has 1 N–H and O–H groups in total. The first-order valence-electron chi connectivity index (χ1n) is 5.19. The zero-order chi connectivity index (χ0) is 9.90. The third kappa shape index (κ3) is 2.44. The Morgan fingerprint density at radius 3 is 2.23 bits per heavy atom. The summed E-state index contributed by atoms with van der Waals surface area (Å²) in [5.41, 5.74) is 0.183.